The number of anilines is 1. The molecule has 0 aromatic heterocycles. The third kappa shape index (κ3) is 5.68. The van der Waals surface area contributed by atoms with E-state index >= 15 is 0 Å². The molecule has 0 unspecified atom stereocenters. The zero-order chi connectivity index (χ0) is 13.2. The highest BCUT2D eigenvalue weighted by molar-refractivity contribution is 5.90. The molecule has 1 aromatic carbocycles. The van der Waals surface area contributed by atoms with Gasteiger partial charge in [-0.1, -0.05) is 6.92 Å². The average molecular weight is 251 g/mol. The Morgan fingerprint density at radius 3 is 2.50 bits per heavy atom. The quantitative estimate of drug-likeness (QED) is 0.723. The number of hydrogen-bond acceptors (Lipinski definition) is 3. The zero-order valence-electron chi connectivity index (χ0n) is 11.1. The first-order valence-electron chi connectivity index (χ1n) is 6.36. The molecule has 0 fully saturated rings. The number of carbonyl (C=O) groups excluding carboxylic acids is 1. The van der Waals surface area contributed by atoms with Crippen molar-refractivity contribution in [3.63, 3.8) is 0 Å². The van der Waals surface area contributed by atoms with Crippen LogP contribution in [0.3, 0.4) is 0 Å². The van der Waals surface area contributed by atoms with Gasteiger partial charge < -0.3 is 14.8 Å². The molecule has 4 nitrogen and oxygen atoms in total. The number of amides is 1. The summed E-state index contributed by atoms with van der Waals surface area (Å²) in [5, 5.41) is 2.83. The third-order valence-corrected chi connectivity index (χ3v) is 2.32. The summed E-state index contributed by atoms with van der Waals surface area (Å²) in [6.07, 6.45) is 1.40. The minimum absolute atomic E-state index is 0.0440. The van der Waals surface area contributed by atoms with Crippen molar-refractivity contribution in [1.82, 2.24) is 0 Å². The van der Waals surface area contributed by atoms with Crippen LogP contribution in [0.2, 0.25) is 0 Å². The lowest BCUT2D eigenvalue weighted by Crippen LogP contribution is -2.10. The molecule has 18 heavy (non-hydrogen) atoms. The highest BCUT2D eigenvalue weighted by Gasteiger charge is 2.00. The van der Waals surface area contributed by atoms with Gasteiger partial charge in [-0.25, -0.2) is 0 Å². The third-order valence-electron chi connectivity index (χ3n) is 2.32. The molecule has 1 aromatic rings. The van der Waals surface area contributed by atoms with E-state index in [4.69, 9.17) is 9.47 Å². The summed E-state index contributed by atoms with van der Waals surface area (Å²) in [4.78, 5) is 11.4. The fourth-order valence-electron chi connectivity index (χ4n) is 1.45. The highest BCUT2D eigenvalue weighted by Crippen LogP contribution is 2.15. The molecule has 0 aliphatic carbocycles. The van der Waals surface area contributed by atoms with Crippen molar-refractivity contribution in [2.24, 2.45) is 0 Å². The molecule has 0 radical (unpaired) electrons. The predicted molar refractivity (Wildman–Crippen MR) is 72.0 cm³/mol. The maximum Gasteiger partial charge on any atom is 0.224 e. The second-order valence-corrected chi connectivity index (χ2v) is 3.87. The van der Waals surface area contributed by atoms with Crippen LogP contribution in [-0.2, 0) is 9.53 Å². The van der Waals surface area contributed by atoms with Crippen LogP contribution < -0.4 is 10.1 Å². The lowest BCUT2D eigenvalue weighted by atomic mass is 10.2. The summed E-state index contributed by atoms with van der Waals surface area (Å²) < 4.78 is 10.7. The van der Waals surface area contributed by atoms with Gasteiger partial charge in [0.15, 0.2) is 0 Å². The lowest BCUT2D eigenvalue weighted by molar-refractivity contribution is -0.116. The SMILES string of the molecule is CCCC(=O)Nc1ccc(OCCOCC)cc1. The van der Waals surface area contributed by atoms with Crippen molar-refractivity contribution in [3.05, 3.63) is 24.3 Å². The van der Waals surface area contributed by atoms with E-state index in [1.54, 1.807) is 0 Å². The first kappa shape index (κ1) is 14.5. The monoisotopic (exact) mass is 251 g/mol. The topological polar surface area (TPSA) is 47.6 Å². The summed E-state index contributed by atoms with van der Waals surface area (Å²) in [7, 11) is 0. The molecule has 0 saturated heterocycles. The Hall–Kier alpha value is -1.55. The van der Waals surface area contributed by atoms with Gasteiger partial charge in [-0.05, 0) is 37.6 Å². The van der Waals surface area contributed by atoms with E-state index in [0.717, 1.165) is 17.9 Å². The van der Waals surface area contributed by atoms with Gasteiger partial charge in [0.2, 0.25) is 5.91 Å². The van der Waals surface area contributed by atoms with Crippen molar-refractivity contribution in [2.45, 2.75) is 26.7 Å². The van der Waals surface area contributed by atoms with Crippen LogP contribution in [0.5, 0.6) is 5.75 Å². The van der Waals surface area contributed by atoms with Crippen LogP contribution >= 0.6 is 0 Å². The molecule has 1 rings (SSSR count). The Kier molecular flexibility index (Phi) is 6.87. The van der Waals surface area contributed by atoms with E-state index in [1.165, 1.54) is 0 Å². The van der Waals surface area contributed by atoms with Gasteiger partial charge >= 0.3 is 0 Å². The molecule has 4 heteroatoms. The van der Waals surface area contributed by atoms with E-state index in [1.807, 2.05) is 38.1 Å². The van der Waals surface area contributed by atoms with Gasteiger partial charge in [0.1, 0.15) is 12.4 Å². The zero-order valence-corrected chi connectivity index (χ0v) is 11.1. The molecule has 0 saturated carbocycles. The van der Waals surface area contributed by atoms with Crippen LogP contribution in [0.25, 0.3) is 0 Å². The maximum absolute atomic E-state index is 11.4. The molecule has 0 heterocycles. The smallest absolute Gasteiger partial charge is 0.224 e. The fraction of sp³-hybridized carbons (Fsp3) is 0.500. The number of rotatable bonds is 8. The minimum Gasteiger partial charge on any atom is -0.491 e. The maximum atomic E-state index is 11.4. The van der Waals surface area contributed by atoms with Gasteiger partial charge in [0.25, 0.3) is 0 Å². The molecule has 1 N–H and O–H groups in total. The van der Waals surface area contributed by atoms with Crippen LogP contribution in [0, 0.1) is 0 Å². The molecule has 0 atom stereocenters. The van der Waals surface area contributed by atoms with E-state index in [0.29, 0.717) is 26.2 Å². The summed E-state index contributed by atoms with van der Waals surface area (Å²) in [6.45, 7) is 5.76. The Morgan fingerprint density at radius 2 is 1.89 bits per heavy atom. The predicted octanol–water partition coefficient (Wildman–Crippen LogP) is 2.84. The highest BCUT2D eigenvalue weighted by atomic mass is 16.5. The second-order valence-electron chi connectivity index (χ2n) is 3.87. The number of carbonyl (C=O) groups is 1. The summed E-state index contributed by atoms with van der Waals surface area (Å²) >= 11 is 0. The Morgan fingerprint density at radius 1 is 1.17 bits per heavy atom. The first-order chi connectivity index (χ1) is 8.76. The molecular formula is C14H21NO3. The van der Waals surface area contributed by atoms with Crippen LogP contribution in [0.15, 0.2) is 24.3 Å². The van der Waals surface area contributed by atoms with E-state index in [9.17, 15) is 4.79 Å². The summed E-state index contributed by atoms with van der Waals surface area (Å²) in [5.41, 5.74) is 0.797. The standard InChI is InChI=1S/C14H21NO3/c1-3-5-14(16)15-12-6-8-13(9-7-12)18-11-10-17-4-2/h6-9H,3-5,10-11H2,1-2H3,(H,15,16). The number of benzene rings is 1. The molecule has 100 valence electrons. The van der Waals surface area contributed by atoms with E-state index in [2.05, 4.69) is 5.32 Å². The Bertz CT molecular complexity index is 349. The molecular weight excluding hydrogens is 230 g/mol. The Labute approximate surface area is 108 Å². The van der Waals surface area contributed by atoms with Gasteiger partial charge in [-0.15, -0.1) is 0 Å². The molecule has 0 spiro atoms. The first-order valence-corrected chi connectivity index (χ1v) is 6.36. The van der Waals surface area contributed by atoms with Crippen LogP contribution in [0.1, 0.15) is 26.7 Å². The molecule has 0 aliphatic heterocycles. The molecule has 0 bridgehead atoms. The van der Waals surface area contributed by atoms with Crippen LogP contribution in [0.4, 0.5) is 5.69 Å². The molecule has 0 aliphatic rings. The van der Waals surface area contributed by atoms with Crippen molar-refractivity contribution in [3.8, 4) is 5.75 Å². The van der Waals surface area contributed by atoms with Crippen LogP contribution in [-0.4, -0.2) is 25.7 Å². The van der Waals surface area contributed by atoms with Crippen molar-refractivity contribution in [2.75, 3.05) is 25.1 Å². The van der Waals surface area contributed by atoms with Gasteiger partial charge in [-0.3, -0.25) is 4.79 Å². The number of ether oxygens (including phenoxy) is 2. The van der Waals surface area contributed by atoms with Crippen molar-refractivity contribution >= 4 is 11.6 Å². The second kappa shape index (κ2) is 8.53. The van der Waals surface area contributed by atoms with E-state index < -0.39 is 0 Å². The average Bonchev–Trinajstić information content (AvgIpc) is 2.37. The number of nitrogens with one attached hydrogen (secondary N) is 1. The fourth-order valence-corrected chi connectivity index (χ4v) is 1.45. The minimum atomic E-state index is 0.0440. The Balaban J connectivity index is 2.35. The van der Waals surface area contributed by atoms with Crippen molar-refractivity contribution in [1.29, 1.82) is 0 Å². The lowest BCUT2D eigenvalue weighted by Gasteiger charge is -2.08. The van der Waals surface area contributed by atoms with Crippen molar-refractivity contribution < 1.29 is 14.3 Å². The largest absolute Gasteiger partial charge is 0.491 e. The molecule has 1 amide bonds. The normalized spacial score (nSPS) is 10.1. The van der Waals surface area contributed by atoms with Gasteiger partial charge in [-0.2, -0.15) is 0 Å². The number of hydrogen-bond donors (Lipinski definition) is 1. The van der Waals surface area contributed by atoms with E-state index in [-0.39, 0.29) is 5.91 Å². The van der Waals surface area contributed by atoms with Gasteiger partial charge in [0.05, 0.1) is 6.61 Å². The van der Waals surface area contributed by atoms with Gasteiger partial charge in [0, 0.05) is 18.7 Å². The summed E-state index contributed by atoms with van der Waals surface area (Å²) in [5.74, 6) is 0.825. The summed E-state index contributed by atoms with van der Waals surface area (Å²) in [6, 6.07) is 7.36.